The van der Waals surface area contributed by atoms with E-state index in [1.165, 1.54) is 193 Å². The summed E-state index contributed by atoms with van der Waals surface area (Å²) >= 11 is 0. The maximum atomic E-state index is 13.1. The van der Waals surface area contributed by atoms with Crippen molar-refractivity contribution >= 4 is 39.5 Å². The van der Waals surface area contributed by atoms with Gasteiger partial charge >= 0.3 is 39.5 Å². The van der Waals surface area contributed by atoms with Gasteiger partial charge in [-0.15, -0.1) is 0 Å². The van der Waals surface area contributed by atoms with Gasteiger partial charge in [0.2, 0.25) is 0 Å². The zero-order valence-corrected chi connectivity index (χ0v) is 65.5. The summed E-state index contributed by atoms with van der Waals surface area (Å²) in [6, 6.07) is 0. The Kier molecular flexibility index (Phi) is 65.9. The molecule has 0 amide bonds. The van der Waals surface area contributed by atoms with Crippen LogP contribution in [0.4, 0.5) is 0 Å². The Balaban J connectivity index is 5.18. The minimum atomic E-state index is -4.96. The molecule has 0 bridgehead atoms. The molecule has 0 rings (SSSR count). The second-order valence-corrected chi connectivity index (χ2v) is 32.9. The van der Waals surface area contributed by atoms with Gasteiger partial charge < -0.3 is 33.8 Å². The van der Waals surface area contributed by atoms with Crippen LogP contribution < -0.4 is 0 Å². The number of carbonyl (C=O) groups is 4. The van der Waals surface area contributed by atoms with Crippen molar-refractivity contribution in [3.8, 4) is 0 Å². The number of ether oxygens (including phenoxy) is 4. The van der Waals surface area contributed by atoms with E-state index in [9.17, 15) is 43.2 Å². The number of unbranched alkanes of at least 4 members (excludes halogenated alkanes) is 41. The number of aliphatic hydroxyl groups is 1. The molecule has 0 aromatic carbocycles. The van der Waals surface area contributed by atoms with Crippen molar-refractivity contribution in [2.75, 3.05) is 39.6 Å². The van der Waals surface area contributed by atoms with Gasteiger partial charge in [-0.25, -0.2) is 9.13 Å². The van der Waals surface area contributed by atoms with Crippen LogP contribution in [0.2, 0.25) is 0 Å². The van der Waals surface area contributed by atoms with Gasteiger partial charge in [0.15, 0.2) is 12.2 Å². The number of esters is 4. The highest BCUT2D eigenvalue weighted by molar-refractivity contribution is 7.47. The first-order chi connectivity index (χ1) is 46.6. The topological polar surface area (TPSA) is 237 Å². The summed E-state index contributed by atoms with van der Waals surface area (Å²) in [6.45, 7) is 14.2. The summed E-state index contributed by atoms with van der Waals surface area (Å²) in [7, 11) is -9.91. The van der Waals surface area contributed by atoms with Crippen molar-refractivity contribution in [2.45, 2.75) is 414 Å². The average molecular weight is 1420 g/mol. The molecule has 3 N–H and O–H groups in total. The van der Waals surface area contributed by atoms with Gasteiger partial charge in [-0.2, -0.15) is 0 Å². The number of phosphoric ester groups is 2. The molecular weight excluding hydrogens is 1270 g/mol. The lowest BCUT2D eigenvalue weighted by atomic mass is 10.0. The Morgan fingerprint density at radius 3 is 0.639 bits per heavy atom. The summed E-state index contributed by atoms with van der Waals surface area (Å²) < 4.78 is 68.5. The van der Waals surface area contributed by atoms with Crippen LogP contribution in [-0.2, 0) is 65.4 Å². The van der Waals surface area contributed by atoms with E-state index in [1.54, 1.807) is 0 Å². The minimum Gasteiger partial charge on any atom is -0.462 e. The van der Waals surface area contributed by atoms with Crippen LogP contribution in [0, 0.1) is 23.7 Å². The highest BCUT2D eigenvalue weighted by Gasteiger charge is 2.30. The predicted molar refractivity (Wildman–Crippen MR) is 395 cm³/mol. The summed E-state index contributed by atoms with van der Waals surface area (Å²) in [6.07, 6.45) is 53.0. The van der Waals surface area contributed by atoms with Crippen molar-refractivity contribution in [3.05, 3.63) is 0 Å². The Morgan fingerprint density at radius 1 is 0.258 bits per heavy atom. The highest BCUT2D eigenvalue weighted by Crippen LogP contribution is 2.45. The van der Waals surface area contributed by atoms with Crippen LogP contribution in [0.15, 0.2) is 0 Å². The molecule has 0 aromatic heterocycles. The van der Waals surface area contributed by atoms with Gasteiger partial charge in [-0.1, -0.05) is 344 Å². The fourth-order valence-corrected chi connectivity index (χ4v) is 13.5. The quantitative estimate of drug-likeness (QED) is 0.0222. The van der Waals surface area contributed by atoms with Gasteiger partial charge in [-0.3, -0.25) is 37.3 Å². The zero-order chi connectivity index (χ0) is 71.7. The fraction of sp³-hybridized carbons (Fsp3) is 0.949. The van der Waals surface area contributed by atoms with Gasteiger partial charge in [0.05, 0.1) is 26.4 Å². The van der Waals surface area contributed by atoms with Crippen molar-refractivity contribution in [1.82, 2.24) is 0 Å². The zero-order valence-electron chi connectivity index (χ0n) is 63.7. The van der Waals surface area contributed by atoms with Gasteiger partial charge in [0.25, 0.3) is 0 Å². The Hall–Kier alpha value is -1.94. The molecule has 576 valence electrons. The number of aliphatic hydroxyl groups excluding tert-OH is 1. The molecule has 0 aliphatic heterocycles. The van der Waals surface area contributed by atoms with Crippen LogP contribution in [-0.4, -0.2) is 96.7 Å². The number of hydrogen-bond acceptors (Lipinski definition) is 15. The lowest BCUT2D eigenvalue weighted by Gasteiger charge is -2.21. The van der Waals surface area contributed by atoms with E-state index in [4.69, 9.17) is 37.0 Å². The van der Waals surface area contributed by atoms with E-state index in [-0.39, 0.29) is 25.7 Å². The van der Waals surface area contributed by atoms with Crippen LogP contribution >= 0.6 is 15.6 Å². The van der Waals surface area contributed by atoms with E-state index in [0.717, 1.165) is 114 Å². The average Bonchev–Trinajstić information content (AvgIpc) is 1.21. The molecule has 0 aromatic rings. The number of carbonyl (C=O) groups excluding carboxylic acids is 4. The first-order valence-corrected chi connectivity index (χ1v) is 43.2. The fourth-order valence-electron chi connectivity index (χ4n) is 11.9. The van der Waals surface area contributed by atoms with Crippen molar-refractivity contribution in [2.24, 2.45) is 23.7 Å². The normalized spacial score (nSPS) is 14.1. The molecule has 19 heteroatoms. The summed E-state index contributed by atoms with van der Waals surface area (Å²) in [5, 5.41) is 10.6. The van der Waals surface area contributed by atoms with Crippen molar-refractivity contribution < 1.29 is 80.2 Å². The van der Waals surface area contributed by atoms with E-state index in [0.29, 0.717) is 31.6 Å². The van der Waals surface area contributed by atoms with E-state index in [1.807, 2.05) is 0 Å². The lowest BCUT2D eigenvalue weighted by molar-refractivity contribution is -0.161. The molecule has 97 heavy (non-hydrogen) atoms. The van der Waals surface area contributed by atoms with E-state index >= 15 is 0 Å². The largest absolute Gasteiger partial charge is 0.472 e. The molecule has 0 fully saturated rings. The van der Waals surface area contributed by atoms with Crippen LogP contribution in [0.25, 0.3) is 0 Å². The maximum absolute atomic E-state index is 13.1. The monoisotopic (exact) mass is 1420 g/mol. The maximum Gasteiger partial charge on any atom is 0.472 e. The smallest absolute Gasteiger partial charge is 0.462 e. The second-order valence-electron chi connectivity index (χ2n) is 30.0. The highest BCUT2D eigenvalue weighted by atomic mass is 31.2. The van der Waals surface area contributed by atoms with Crippen molar-refractivity contribution in [3.63, 3.8) is 0 Å². The first-order valence-electron chi connectivity index (χ1n) is 40.2. The molecule has 0 saturated carbocycles. The molecular formula is C78H152O17P2. The van der Waals surface area contributed by atoms with E-state index < -0.39 is 97.5 Å². The number of rotatable bonds is 75. The molecule has 0 spiro atoms. The molecule has 17 nitrogen and oxygen atoms in total. The summed E-state index contributed by atoms with van der Waals surface area (Å²) in [5.74, 6) is 0.899. The Morgan fingerprint density at radius 2 is 0.433 bits per heavy atom. The third-order valence-electron chi connectivity index (χ3n) is 18.1. The Labute approximate surface area is 594 Å². The summed E-state index contributed by atoms with van der Waals surface area (Å²) in [4.78, 5) is 72.8. The SMILES string of the molecule is CC(C)CCCCCCCCCCCCCCCCCCCCC(=O)OC[C@H](COP(=O)(O)OC[C@@H](O)COP(=O)(O)OC[C@@H](COC(=O)CCCCCCCCC(C)C)OC(=O)CCCCCCCCCCCCCC(C)C)OC(=O)CCCCCCCCCCCCC(C)C. The number of hydrogen-bond donors (Lipinski definition) is 3. The molecule has 0 saturated heterocycles. The predicted octanol–water partition coefficient (Wildman–Crippen LogP) is 22.8. The standard InChI is InChI=1S/C78H152O17P2/c1-68(2)54-46-38-30-24-18-15-13-11-9-10-12-14-16-20-27-33-42-50-58-75(80)88-64-73(94-78(83)61-53-45-35-29-23-22-26-32-40-48-56-70(5)6)66-92-96(84,85)90-62-72(79)63-91-97(86,87)93-67-74(65-89-76(81)59-51-43-37-36-41-49-57-71(7)8)95-77(82)60-52-44-34-28-21-17-19-25-31-39-47-55-69(3)4/h68-74,79H,9-67H2,1-8H3,(H,84,85)(H,86,87)/t72-,73-,74-/m1/s1. The third kappa shape index (κ3) is 72.2. The summed E-state index contributed by atoms with van der Waals surface area (Å²) in [5.41, 5.74) is 0. The molecule has 0 aliphatic rings. The third-order valence-corrected chi connectivity index (χ3v) is 20.0. The van der Waals surface area contributed by atoms with Crippen molar-refractivity contribution in [1.29, 1.82) is 0 Å². The number of phosphoric acid groups is 2. The molecule has 5 atom stereocenters. The van der Waals surface area contributed by atoms with Gasteiger partial charge in [0.1, 0.15) is 19.3 Å². The van der Waals surface area contributed by atoms with Crippen LogP contribution in [0.1, 0.15) is 396 Å². The second kappa shape index (κ2) is 67.2. The molecule has 0 heterocycles. The molecule has 2 unspecified atom stereocenters. The lowest BCUT2D eigenvalue weighted by Crippen LogP contribution is -2.30. The van der Waals surface area contributed by atoms with Gasteiger partial charge in [-0.05, 0) is 49.4 Å². The first kappa shape index (κ1) is 95.1. The molecule has 0 radical (unpaired) electrons. The molecule has 0 aliphatic carbocycles. The van der Waals surface area contributed by atoms with Crippen LogP contribution in [0.5, 0.6) is 0 Å². The van der Waals surface area contributed by atoms with Gasteiger partial charge in [0, 0.05) is 25.7 Å². The van der Waals surface area contributed by atoms with Crippen LogP contribution in [0.3, 0.4) is 0 Å². The van der Waals surface area contributed by atoms with E-state index in [2.05, 4.69) is 55.4 Å². The minimum absolute atomic E-state index is 0.105. The Bertz CT molecular complexity index is 1900.